The van der Waals surface area contributed by atoms with Crippen LogP contribution in [0.3, 0.4) is 0 Å². The molecule has 0 radical (unpaired) electrons. The summed E-state index contributed by atoms with van der Waals surface area (Å²) in [6.07, 6.45) is -0.658. The fourth-order valence-corrected chi connectivity index (χ4v) is 1.35. The van der Waals surface area contributed by atoms with Crippen LogP contribution in [0.25, 0.3) is 0 Å². The summed E-state index contributed by atoms with van der Waals surface area (Å²) in [4.78, 5) is 0. The maximum atomic E-state index is 13.3. The first-order valence-corrected chi connectivity index (χ1v) is 5.36. The lowest BCUT2D eigenvalue weighted by atomic mass is 10.1. The van der Waals surface area contributed by atoms with Gasteiger partial charge in [-0.2, -0.15) is 0 Å². The molecule has 0 aliphatic heterocycles. The third kappa shape index (κ3) is 3.32. The summed E-state index contributed by atoms with van der Waals surface area (Å²) in [6.45, 7) is 3.73. The summed E-state index contributed by atoms with van der Waals surface area (Å²) in [7, 11) is 0. The summed E-state index contributed by atoms with van der Waals surface area (Å²) in [5, 5.41) is 12.0. The Balaban J connectivity index is 2.74. The Morgan fingerprint density at radius 3 is 2.25 bits per heavy atom. The van der Waals surface area contributed by atoms with E-state index in [9.17, 15) is 13.9 Å². The summed E-state index contributed by atoms with van der Waals surface area (Å²) < 4.78 is 26.6. The molecule has 0 saturated heterocycles. The number of benzene rings is 1. The van der Waals surface area contributed by atoms with Gasteiger partial charge in [0.1, 0.15) is 5.69 Å². The van der Waals surface area contributed by atoms with Crippen LogP contribution in [0.1, 0.15) is 13.8 Å². The molecule has 0 unspecified atom stereocenters. The van der Waals surface area contributed by atoms with Gasteiger partial charge in [0, 0.05) is 11.6 Å². The fourth-order valence-electron chi connectivity index (χ4n) is 1.15. The van der Waals surface area contributed by atoms with Gasteiger partial charge in [0.2, 0.25) is 0 Å². The topological polar surface area (TPSA) is 32.3 Å². The third-order valence-electron chi connectivity index (χ3n) is 2.26. The predicted octanol–water partition coefficient (Wildman–Crippen LogP) is 3.05. The van der Waals surface area contributed by atoms with Gasteiger partial charge in [-0.05, 0) is 18.1 Å². The normalized spacial score (nSPS) is 12.9. The molecule has 0 spiro atoms. The van der Waals surface area contributed by atoms with Crippen molar-refractivity contribution in [3.63, 3.8) is 0 Å². The van der Waals surface area contributed by atoms with Crippen molar-refractivity contribution in [1.82, 2.24) is 0 Å². The molecule has 2 N–H and O–H groups in total. The number of aliphatic hydroxyl groups is 1. The first kappa shape index (κ1) is 13.2. The van der Waals surface area contributed by atoms with E-state index in [4.69, 9.17) is 11.6 Å². The molecular formula is C11H14ClF2NO. The quantitative estimate of drug-likeness (QED) is 0.860. The highest BCUT2D eigenvalue weighted by atomic mass is 35.5. The zero-order valence-corrected chi connectivity index (χ0v) is 9.85. The smallest absolute Gasteiger partial charge is 0.150 e. The van der Waals surface area contributed by atoms with E-state index in [1.807, 2.05) is 13.8 Å². The van der Waals surface area contributed by atoms with Crippen molar-refractivity contribution in [2.45, 2.75) is 20.0 Å². The van der Waals surface area contributed by atoms with Crippen molar-refractivity contribution >= 4 is 17.3 Å². The Kier molecular flexibility index (Phi) is 4.50. The minimum atomic E-state index is -0.763. The van der Waals surface area contributed by atoms with Gasteiger partial charge in [0.25, 0.3) is 0 Å². The van der Waals surface area contributed by atoms with Crippen molar-refractivity contribution in [3.8, 4) is 0 Å². The number of anilines is 1. The van der Waals surface area contributed by atoms with E-state index < -0.39 is 17.7 Å². The van der Waals surface area contributed by atoms with Crippen LogP contribution in [0, 0.1) is 17.6 Å². The Hall–Kier alpha value is -0.870. The van der Waals surface area contributed by atoms with Gasteiger partial charge in [0.15, 0.2) is 11.6 Å². The number of nitrogens with one attached hydrogen (secondary N) is 1. The van der Waals surface area contributed by atoms with E-state index in [0.29, 0.717) is 0 Å². The van der Waals surface area contributed by atoms with Gasteiger partial charge in [0.05, 0.1) is 6.10 Å². The number of halogens is 3. The molecule has 0 aliphatic rings. The fraction of sp³-hybridized carbons (Fsp3) is 0.455. The lowest BCUT2D eigenvalue weighted by Crippen LogP contribution is -2.25. The molecule has 0 heterocycles. The van der Waals surface area contributed by atoms with Gasteiger partial charge in [-0.3, -0.25) is 0 Å². The van der Waals surface area contributed by atoms with E-state index in [1.165, 1.54) is 0 Å². The molecule has 1 atom stereocenters. The minimum absolute atomic E-state index is 0.00459. The molecule has 90 valence electrons. The lowest BCUT2D eigenvalue weighted by Gasteiger charge is -2.16. The molecule has 16 heavy (non-hydrogen) atoms. The lowest BCUT2D eigenvalue weighted by molar-refractivity contribution is 0.138. The standard InChI is InChI=1S/C11H14ClF2NO/c1-6(2)10(16)5-15-11-8(13)3-7(12)4-9(11)14/h3-4,6,10,15-16H,5H2,1-2H3/t10-/m0/s1. The SMILES string of the molecule is CC(C)[C@@H](O)CNc1c(F)cc(Cl)cc1F. The maximum absolute atomic E-state index is 13.3. The van der Waals surface area contributed by atoms with Crippen LogP contribution in [0.2, 0.25) is 5.02 Å². The van der Waals surface area contributed by atoms with Gasteiger partial charge < -0.3 is 10.4 Å². The van der Waals surface area contributed by atoms with Crippen molar-refractivity contribution in [2.24, 2.45) is 5.92 Å². The Morgan fingerprint density at radius 1 is 1.31 bits per heavy atom. The average molecular weight is 250 g/mol. The minimum Gasteiger partial charge on any atom is -0.391 e. The Labute approximate surface area is 98.2 Å². The second-order valence-electron chi connectivity index (χ2n) is 3.94. The van der Waals surface area contributed by atoms with Crippen LogP contribution in [0.4, 0.5) is 14.5 Å². The van der Waals surface area contributed by atoms with E-state index in [1.54, 1.807) is 0 Å². The number of rotatable bonds is 4. The summed E-state index contributed by atoms with van der Waals surface area (Å²) in [5.74, 6) is -1.51. The highest BCUT2D eigenvalue weighted by molar-refractivity contribution is 6.30. The molecule has 0 saturated carbocycles. The molecule has 0 aromatic heterocycles. The maximum Gasteiger partial charge on any atom is 0.150 e. The van der Waals surface area contributed by atoms with Crippen LogP contribution in [-0.4, -0.2) is 17.8 Å². The highest BCUT2D eigenvalue weighted by Gasteiger charge is 2.13. The van der Waals surface area contributed by atoms with Crippen LogP contribution < -0.4 is 5.32 Å². The van der Waals surface area contributed by atoms with Gasteiger partial charge in [-0.1, -0.05) is 25.4 Å². The molecule has 1 aromatic carbocycles. The van der Waals surface area contributed by atoms with Gasteiger partial charge in [-0.15, -0.1) is 0 Å². The zero-order valence-electron chi connectivity index (χ0n) is 9.10. The second kappa shape index (κ2) is 5.46. The highest BCUT2D eigenvalue weighted by Crippen LogP contribution is 2.23. The molecule has 2 nitrogen and oxygen atoms in total. The molecule has 0 amide bonds. The largest absolute Gasteiger partial charge is 0.391 e. The second-order valence-corrected chi connectivity index (χ2v) is 4.37. The Bertz CT molecular complexity index is 348. The van der Waals surface area contributed by atoms with Crippen molar-refractivity contribution in [2.75, 3.05) is 11.9 Å². The molecule has 5 heteroatoms. The molecule has 0 aliphatic carbocycles. The molecular weight excluding hydrogens is 236 g/mol. The average Bonchev–Trinajstić information content (AvgIpc) is 2.15. The Morgan fingerprint density at radius 2 is 1.81 bits per heavy atom. The van der Waals surface area contributed by atoms with E-state index in [-0.39, 0.29) is 23.2 Å². The monoisotopic (exact) mass is 249 g/mol. The van der Waals surface area contributed by atoms with Gasteiger partial charge in [-0.25, -0.2) is 8.78 Å². The summed E-state index contributed by atoms with van der Waals surface area (Å²) in [5.41, 5.74) is -0.260. The first-order valence-electron chi connectivity index (χ1n) is 4.98. The summed E-state index contributed by atoms with van der Waals surface area (Å²) in [6, 6.07) is 2.05. The van der Waals surface area contributed by atoms with E-state index >= 15 is 0 Å². The van der Waals surface area contributed by atoms with Crippen molar-refractivity contribution in [3.05, 3.63) is 28.8 Å². The molecule has 0 fully saturated rings. The van der Waals surface area contributed by atoms with Gasteiger partial charge >= 0.3 is 0 Å². The molecule has 1 aromatic rings. The number of hydrogen-bond donors (Lipinski definition) is 2. The first-order chi connectivity index (χ1) is 7.41. The number of aliphatic hydroxyl groups excluding tert-OH is 1. The molecule has 0 bridgehead atoms. The third-order valence-corrected chi connectivity index (χ3v) is 2.48. The van der Waals surface area contributed by atoms with Crippen LogP contribution in [0.5, 0.6) is 0 Å². The summed E-state index contributed by atoms with van der Waals surface area (Å²) >= 11 is 5.48. The molecule has 1 rings (SSSR count). The van der Waals surface area contributed by atoms with Crippen LogP contribution >= 0.6 is 11.6 Å². The zero-order chi connectivity index (χ0) is 12.3. The van der Waals surface area contributed by atoms with Crippen molar-refractivity contribution < 1.29 is 13.9 Å². The number of hydrogen-bond acceptors (Lipinski definition) is 2. The predicted molar refractivity (Wildman–Crippen MR) is 60.7 cm³/mol. The van der Waals surface area contributed by atoms with E-state index in [2.05, 4.69) is 5.32 Å². The van der Waals surface area contributed by atoms with Crippen LogP contribution in [-0.2, 0) is 0 Å². The van der Waals surface area contributed by atoms with Crippen LogP contribution in [0.15, 0.2) is 12.1 Å². The van der Waals surface area contributed by atoms with Crippen molar-refractivity contribution in [1.29, 1.82) is 0 Å². The van der Waals surface area contributed by atoms with E-state index in [0.717, 1.165) is 12.1 Å².